The molecule has 9 heteroatoms. The molecule has 2 aromatic carbocycles. The number of carbonyl (C=O) groups is 2. The number of benzene rings is 2. The van der Waals surface area contributed by atoms with Crippen LogP contribution in [0.2, 0.25) is 0 Å². The molecule has 0 saturated heterocycles. The Morgan fingerprint density at radius 1 is 1.07 bits per heavy atom. The van der Waals surface area contributed by atoms with E-state index < -0.39 is 6.10 Å². The highest BCUT2D eigenvalue weighted by Gasteiger charge is 2.27. The Labute approximate surface area is 177 Å². The summed E-state index contributed by atoms with van der Waals surface area (Å²) in [6, 6.07) is 16.7. The molecule has 0 bridgehead atoms. The van der Waals surface area contributed by atoms with E-state index in [1.165, 1.54) is 11.8 Å². The van der Waals surface area contributed by atoms with Gasteiger partial charge in [-0.25, -0.2) is 0 Å². The number of carbonyl (C=O) groups excluding carboxylic acids is 2. The second kappa shape index (κ2) is 9.00. The van der Waals surface area contributed by atoms with Gasteiger partial charge >= 0.3 is 0 Å². The van der Waals surface area contributed by atoms with E-state index in [0.717, 1.165) is 5.56 Å². The fraction of sp³-hybridized carbons (Fsp3) is 0.238. The third-order valence-corrected chi connectivity index (χ3v) is 5.50. The maximum atomic E-state index is 12.1. The standard InChI is InChI=1S/C21H20N4O4S/c1-25-20(17-12-28-15-9-5-6-10-16(15)29-17)23-24-21(25)30-13-19(27)22-18(26)11-14-7-3-2-4-8-14/h2-10,17H,11-13H2,1H3,(H,22,26,27)/t17-/m1/s1. The number of hydrogen-bond acceptors (Lipinski definition) is 7. The minimum absolute atomic E-state index is 0.0529. The van der Waals surface area contributed by atoms with Gasteiger partial charge in [0, 0.05) is 7.05 Å². The number of nitrogens with zero attached hydrogens (tertiary/aromatic N) is 3. The number of hydrogen-bond donors (Lipinski definition) is 1. The summed E-state index contributed by atoms with van der Waals surface area (Å²) in [4.78, 5) is 24.1. The topological polar surface area (TPSA) is 95.3 Å². The number of fused-ring (bicyclic) bond motifs is 1. The van der Waals surface area contributed by atoms with E-state index in [0.29, 0.717) is 29.1 Å². The summed E-state index contributed by atoms with van der Waals surface area (Å²) in [6.45, 7) is 0.322. The molecule has 1 aromatic heterocycles. The van der Waals surface area contributed by atoms with Crippen LogP contribution >= 0.6 is 11.8 Å². The van der Waals surface area contributed by atoms with Crippen LogP contribution in [-0.4, -0.2) is 38.9 Å². The van der Waals surface area contributed by atoms with Crippen molar-refractivity contribution in [1.29, 1.82) is 0 Å². The van der Waals surface area contributed by atoms with Gasteiger partial charge in [-0.05, 0) is 17.7 Å². The number of aromatic nitrogens is 3. The van der Waals surface area contributed by atoms with Crippen LogP contribution in [-0.2, 0) is 23.1 Å². The Morgan fingerprint density at radius 2 is 1.80 bits per heavy atom. The van der Waals surface area contributed by atoms with Gasteiger partial charge in [0.1, 0.15) is 6.61 Å². The first kappa shape index (κ1) is 20.0. The molecule has 0 fully saturated rings. The molecule has 0 spiro atoms. The molecule has 0 aliphatic carbocycles. The van der Waals surface area contributed by atoms with E-state index in [2.05, 4.69) is 15.5 Å². The molecular weight excluding hydrogens is 404 g/mol. The van der Waals surface area contributed by atoms with Crippen molar-refractivity contribution in [2.45, 2.75) is 17.7 Å². The molecular formula is C21H20N4O4S. The van der Waals surface area contributed by atoms with Gasteiger partial charge in [-0.2, -0.15) is 0 Å². The molecule has 8 nitrogen and oxygen atoms in total. The highest BCUT2D eigenvalue weighted by molar-refractivity contribution is 7.99. The van der Waals surface area contributed by atoms with Crippen LogP contribution in [0.25, 0.3) is 0 Å². The highest BCUT2D eigenvalue weighted by atomic mass is 32.2. The first-order valence-corrected chi connectivity index (χ1v) is 10.4. The maximum absolute atomic E-state index is 12.1. The Kier molecular flexibility index (Phi) is 5.99. The van der Waals surface area contributed by atoms with E-state index in [9.17, 15) is 9.59 Å². The second-order valence-corrected chi connectivity index (χ2v) is 7.63. The lowest BCUT2D eigenvalue weighted by atomic mass is 10.1. The van der Waals surface area contributed by atoms with Crippen LogP contribution in [0.3, 0.4) is 0 Å². The Hall–Kier alpha value is -3.33. The van der Waals surface area contributed by atoms with Crippen LogP contribution in [0, 0.1) is 0 Å². The predicted molar refractivity (Wildman–Crippen MR) is 110 cm³/mol. The summed E-state index contributed by atoms with van der Waals surface area (Å²) in [5.41, 5.74) is 0.852. The van der Waals surface area contributed by atoms with E-state index in [4.69, 9.17) is 9.47 Å². The van der Waals surface area contributed by atoms with Gasteiger partial charge in [-0.15, -0.1) is 10.2 Å². The van der Waals surface area contributed by atoms with E-state index in [1.54, 1.807) is 11.6 Å². The largest absolute Gasteiger partial charge is 0.485 e. The van der Waals surface area contributed by atoms with Crippen molar-refractivity contribution >= 4 is 23.6 Å². The molecule has 1 atom stereocenters. The minimum Gasteiger partial charge on any atom is -0.485 e. The molecule has 3 aromatic rings. The van der Waals surface area contributed by atoms with Crippen molar-refractivity contribution in [3.8, 4) is 11.5 Å². The van der Waals surface area contributed by atoms with Gasteiger partial charge in [0.05, 0.1) is 12.2 Å². The average Bonchev–Trinajstić information content (AvgIpc) is 3.13. The van der Waals surface area contributed by atoms with Gasteiger partial charge in [-0.1, -0.05) is 54.2 Å². The number of rotatable bonds is 6. The third kappa shape index (κ3) is 4.62. The number of ether oxygens (including phenoxy) is 2. The van der Waals surface area contributed by atoms with Crippen LogP contribution in [0.15, 0.2) is 59.8 Å². The van der Waals surface area contributed by atoms with E-state index in [-0.39, 0.29) is 24.0 Å². The molecule has 30 heavy (non-hydrogen) atoms. The van der Waals surface area contributed by atoms with E-state index >= 15 is 0 Å². The van der Waals surface area contributed by atoms with Crippen molar-refractivity contribution in [2.24, 2.45) is 7.05 Å². The highest BCUT2D eigenvalue weighted by Crippen LogP contribution is 2.35. The number of imide groups is 1. The van der Waals surface area contributed by atoms with Gasteiger partial charge in [0.15, 0.2) is 28.6 Å². The normalized spacial score (nSPS) is 14.9. The summed E-state index contributed by atoms with van der Waals surface area (Å²) in [5.74, 6) is 1.29. The molecule has 2 amide bonds. The van der Waals surface area contributed by atoms with Crippen molar-refractivity contribution in [3.63, 3.8) is 0 Å². The Bertz CT molecular complexity index is 1050. The zero-order valence-corrected chi connectivity index (χ0v) is 17.1. The smallest absolute Gasteiger partial charge is 0.237 e. The zero-order valence-electron chi connectivity index (χ0n) is 16.3. The van der Waals surface area contributed by atoms with Gasteiger partial charge in [0.2, 0.25) is 11.8 Å². The Balaban J connectivity index is 1.31. The quantitative estimate of drug-likeness (QED) is 0.607. The van der Waals surface area contributed by atoms with Crippen LogP contribution in [0.5, 0.6) is 11.5 Å². The summed E-state index contributed by atoms with van der Waals surface area (Å²) in [6.07, 6.45) is -0.237. The summed E-state index contributed by atoms with van der Waals surface area (Å²) in [5, 5.41) is 11.3. The first-order chi connectivity index (χ1) is 14.6. The van der Waals surface area contributed by atoms with Crippen LogP contribution < -0.4 is 14.8 Å². The van der Waals surface area contributed by atoms with Crippen LogP contribution in [0.4, 0.5) is 0 Å². The number of para-hydroxylation sites is 2. The lowest BCUT2D eigenvalue weighted by molar-refractivity contribution is -0.128. The predicted octanol–water partition coefficient (Wildman–Crippen LogP) is 2.31. The van der Waals surface area contributed by atoms with E-state index in [1.807, 2.05) is 54.6 Å². The fourth-order valence-electron chi connectivity index (χ4n) is 3.03. The monoisotopic (exact) mass is 424 g/mol. The number of thioether (sulfide) groups is 1. The minimum atomic E-state index is -0.395. The molecule has 1 N–H and O–H groups in total. The van der Waals surface area contributed by atoms with Crippen molar-refractivity contribution < 1.29 is 19.1 Å². The molecule has 4 rings (SSSR count). The average molecular weight is 424 g/mol. The Morgan fingerprint density at radius 3 is 2.60 bits per heavy atom. The lowest BCUT2D eigenvalue weighted by Crippen LogP contribution is -2.33. The molecule has 1 aliphatic rings. The second-order valence-electron chi connectivity index (χ2n) is 6.69. The molecule has 154 valence electrons. The van der Waals surface area contributed by atoms with Crippen molar-refractivity contribution in [2.75, 3.05) is 12.4 Å². The molecule has 0 saturated carbocycles. The number of amides is 2. The van der Waals surface area contributed by atoms with Crippen LogP contribution in [0.1, 0.15) is 17.5 Å². The van der Waals surface area contributed by atoms with Gasteiger partial charge < -0.3 is 14.0 Å². The maximum Gasteiger partial charge on any atom is 0.237 e. The zero-order chi connectivity index (χ0) is 20.9. The molecule has 0 unspecified atom stereocenters. The third-order valence-electron chi connectivity index (χ3n) is 4.48. The number of nitrogens with one attached hydrogen (secondary N) is 1. The van der Waals surface area contributed by atoms with Crippen molar-refractivity contribution in [1.82, 2.24) is 20.1 Å². The lowest BCUT2D eigenvalue weighted by Gasteiger charge is -2.25. The van der Waals surface area contributed by atoms with Gasteiger partial charge in [-0.3, -0.25) is 14.9 Å². The van der Waals surface area contributed by atoms with Crippen molar-refractivity contribution in [3.05, 3.63) is 66.0 Å². The molecule has 1 aliphatic heterocycles. The summed E-state index contributed by atoms with van der Waals surface area (Å²) >= 11 is 1.20. The summed E-state index contributed by atoms with van der Waals surface area (Å²) in [7, 11) is 1.81. The molecule has 0 radical (unpaired) electrons. The molecule has 2 heterocycles. The SMILES string of the molecule is Cn1c(SCC(=O)NC(=O)Cc2ccccc2)nnc1[C@H]1COc2ccccc2O1. The van der Waals surface area contributed by atoms with Gasteiger partial charge in [0.25, 0.3) is 0 Å². The fourth-order valence-corrected chi connectivity index (χ4v) is 3.74. The summed E-state index contributed by atoms with van der Waals surface area (Å²) < 4.78 is 13.5. The first-order valence-electron chi connectivity index (χ1n) is 9.37.